The Balaban J connectivity index is 1.94. The number of nitrogens with one attached hydrogen (secondary N) is 2. The summed E-state index contributed by atoms with van der Waals surface area (Å²) >= 11 is 1.57. The molecule has 1 atom stereocenters. The Bertz CT molecular complexity index is 573. The van der Waals surface area contributed by atoms with Gasteiger partial charge in [0.05, 0.1) is 6.04 Å². The number of ketones is 1. The van der Waals surface area contributed by atoms with Crippen molar-refractivity contribution < 1.29 is 14.4 Å². The number of hydrogen-bond donors (Lipinski definition) is 2. The summed E-state index contributed by atoms with van der Waals surface area (Å²) in [5, 5.41) is 7.68. The molecule has 8 heteroatoms. The molecule has 0 aromatic heterocycles. The van der Waals surface area contributed by atoms with Crippen LogP contribution >= 0.6 is 11.8 Å². The van der Waals surface area contributed by atoms with Crippen molar-refractivity contribution >= 4 is 34.5 Å². The third kappa shape index (κ3) is 6.23. The number of nitrogens with zero attached hydrogens (tertiary/aromatic N) is 2. The number of thioether (sulfide) groups is 1. The fourth-order valence-electron chi connectivity index (χ4n) is 3.48. The molecule has 0 unspecified atom stereocenters. The van der Waals surface area contributed by atoms with Crippen LogP contribution in [-0.2, 0) is 14.4 Å². The van der Waals surface area contributed by atoms with Crippen molar-refractivity contribution in [3.05, 3.63) is 0 Å². The minimum atomic E-state index is -0.817. The molecule has 1 heterocycles. The van der Waals surface area contributed by atoms with Gasteiger partial charge in [0, 0.05) is 24.8 Å². The maximum Gasteiger partial charge on any atom is 0.309 e. The van der Waals surface area contributed by atoms with E-state index in [0.29, 0.717) is 0 Å². The van der Waals surface area contributed by atoms with Gasteiger partial charge in [-0.1, -0.05) is 51.8 Å². The van der Waals surface area contributed by atoms with Gasteiger partial charge >= 0.3 is 5.91 Å². The second kappa shape index (κ2) is 10.7. The van der Waals surface area contributed by atoms with Crippen molar-refractivity contribution in [1.82, 2.24) is 15.6 Å². The van der Waals surface area contributed by atoms with Crippen LogP contribution in [0.1, 0.15) is 59.3 Å². The van der Waals surface area contributed by atoms with E-state index >= 15 is 0 Å². The Hall–Kier alpha value is -1.57. The summed E-state index contributed by atoms with van der Waals surface area (Å²) in [6.07, 6.45) is 5.95. The molecule has 1 aliphatic carbocycles. The molecule has 27 heavy (non-hydrogen) atoms. The SMILES string of the molecule is CCCN1CCSC1=NNC(=O)C(=O)[C@@H](NC(=O)C1CCCCC1)C(C)C. The van der Waals surface area contributed by atoms with Gasteiger partial charge in [-0.2, -0.15) is 0 Å². The van der Waals surface area contributed by atoms with E-state index in [1.807, 2.05) is 13.8 Å². The van der Waals surface area contributed by atoms with Crippen molar-refractivity contribution in [1.29, 1.82) is 0 Å². The lowest BCUT2D eigenvalue weighted by Crippen LogP contribution is -2.51. The number of hydrogen-bond acceptors (Lipinski definition) is 5. The molecule has 2 aliphatic rings. The third-order valence-electron chi connectivity index (χ3n) is 5.06. The molecular weight excluding hydrogens is 364 g/mol. The third-order valence-corrected chi connectivity index (χ3v) is 6.05. The van der Waals surface area contributed by atoms with Gasteiger partial charge in [0.2, 0.25) is 11.7 Å². The van der Waals surface area contributed by atoms with Crippen LogP contribution < -0.4 is 10.7 Å². The van der Waals surface area contributed by atoms with E-state index in [2.05, 4.69) is 27.7 Å². The quantitative estimate of drug-likeness (QED) is 0.484. The average Bonchev–Trinajstić information content (AvgIpc) is 3.11. The maximum absolute atomic E-state index is 12.6. The highest BCUT2D eigenvalue weighted by Gasteiger charge is 2.32. The number of amidine groups is 1. The van der Waals surface area contributed by atoms with Crippen LogP contribution in [0.5, 0.6) is 0 Å². The van der Waals surface area contributed by atoms with Crippen molar-refractivity contribution in [2.75, 3.05) is 18.8 Å². The van der Waals surface area contributed by atoms with Crippen LogP contribution in [0.25, 0.3) is 0 Å². The summed E-state index contributed by atoms with van der Waals surface area (Å²) in [6, 6.07) is -0.817. The highest BCUT2D eigenvalue weighted by molar-refractivity contribution is 8.14. The van der Waals surface area contributed by atoms with Crippen LogP contribution in [0.2, 0.25) is 0 Å². The van der Waals surface area contributed by atoms with Crippen molar-refractivity contribution in [3.8, 4) is 0 Å². The Morgan fingerprint density at radius 2 is 1.93 bits per heavy atom. The number of carbonyl (C=O) groups excluding carboxylic acids is 3. The smallest absolute Gasteiger partial charge is 0.309 e. The van der Waals surface area contributed by atoms with E-state index in [-0.39, 0.29) is 17.7 Å². The van der Waals surface area contributed by atoms with Crippen LogP contribution in [0, 0.1) is 11.8 Å². The fraction of sp³-hybridized carbons (Fsp3) is 0.789. The predicted octanol–water partition coefficient (Wildman–Crippen LogP) is 2.12. The molecule has 1 aliphatic heterocycles. The molecule has 7 nitrogen and oxygen atoms in total. The topological polar surface area (TPSA) is 90.9 Å². The molecule has 2 fully saturated rings. The number of amides is 2. The Labute approximate surface area is 166 Å². The first-order valence-electron chi connectivity index (χ1n) is 10.0. The van der Waals surface area contributed by atoms with E-state index in [0.717, 1.165) is 62.5 Å². The molecule has 0 bridgehead atoms. The van der Waals surface area contributed by atoms with Crippen LogP contribution in [0.3, 0.4) is 0 Å². The van der Waals surface area contributed by atoms with Gasteiger partial charge in [-0.25, -0.2) is 5.43 Å². The van der Waals surface area contributed by atoms with Gasteiger partial charge in [0.1, 0.15) is 0 Å². The van der Waals surface area contributed by atoms with E-state index in [1.54, 1.807) is 11.8 Å². The summed E-state index contributed by atoms with van der Waals surface area (Å²) < 4.78 is 0. The van der Waals surface area contributed by atoms with Gasteiger partial charge in [-0.05, 0) is 25.2 Å². The van der Waals surface area contributed by atoms with Gasteiger partial charge < -0.3 is 10.2 Å². The standard InChI is InChI=1S/C19H32N4O3S/c1-4-10-23-11-12-27-19(23)22-21-18(26)16(24)15(13(2)3)20-17(25)14-8-6-5-7-9-14/h13-15H,4-12H2,1-3H3,(H,20,25)(H,21,26)/t15-/m0/s1. The minimum absolute atomic E-state index is 0.0476. The Morgan fingerprint density at radius 3 is 2.56 bits per heavy atom. The lowest BCUT2D eigenvalue weighted by molar-refractivity contribution is -0.141. The summed E-state index contributed by atoms with van der Waals surface area (Å²) in [4.78, 5) is 39.5. The molecule has 1 saturated carbocycles. The van der Waals surface area contributed by atoms with E-state index in [1.165, 1.54) is 0 Å². The average molecular weight is 397 g/mol. The first kappa shape index (κ1) is 21.7. The van der Waals surface area contributed by atoms with Crippen molar-refractivity contribution in [2.45, 2.75) is 65.3 Å². The summed E-state index contributed by atoms with van der Waals surface area (Å²) in [7, 11) is 0. The van der Waals surface area contributed by atoms with E-state index < -0.39 is 17.7 Å². The maximum atomic E-state index is 12.6. The summed E-state index contributed by atoms with van der Waals surface area (Å²) in [6.45, 7) is 7.53. The molecule has 0 aromatic carbocycles. The van der Waals surface area contributed by atoms with Gasteiger partial charge in [0.15, 0.2) is 5.17 Å². The zero-order valence-corrected chi connectivity index (χ0v) is 17.4. The molecule has 152 valence electrons. The van der Waals surface area contributed by atoms with E-state index in [4.69, 9.17) is 0 Å². The lowest BCUT2D eigenvalue weighted by Gasteiger charge is -2.25. The van der Waals surface area contributed by atoms with Gasteiger partial charge in [-0.3, -0.25) is 14.4 Å². The zero-order chi connectivity index (χ0) is 19.8. The van der Waals surface area contributed by atoms with Crippen LogP contribution in [-0.4, -0.2) is 52.5 Å². The van der Waals surface area contributed by atoms with Crippen molar-refractivity contribution in [2.24, 2.45) is 16.9 Å². The Morgan fingerprint density at radius 1 is 1.22 bits per heavy atom. The second-order valence-corrected chi connectivity index (χ2v) is 8.66. The predicted molar refractivity (Wildman–Crippen MR) is 108 cm³/mol. The number of rotatable bonds is 8. The number of Topliss-reactive ketones (excluding diaryl/α,β-unsaturated/α-hetero) is 1. The van der Waals surface area contributed by atoms with E-state index in [9.17, 15) is 14.4 Å². The molecule has 2 amide bonds. The van der Waals surface area contributed by atoms with Crippen LogP contribution in [0.4, 0.5) is 0 Å². The minimum Gasteiger partial charge on any atom is -0.349 e. The highest BCUT2D eigenvalue weighted by Crippen LogP contribution is 2.24. The van der Waals surface area contributed by atoms with Gasteiger partial charge in [0.25, 0.3) is 0 Å². The molecule has 1 saturated heterocycles. The number of carbonyl (C=O) groups is 3. The first-order valence-corrected chi connectivity index (χ1v) is 11.0. The van der Waals surface area contributed by atoms with Crippen LogP contribution in [0.15, 0.2) is 5.10 Å². The molecular formula is C19H32N4O3S. The van der Waals surface area contributed by atoms with Gasteiger partial charge in [-0.15, -0.1) is 5.10 Å². The monoisotopic (exact) mass is 396 g/mol. The zero-order valence-electron chi connectivity index (χ0n) is 16.6. The lowest BCUT2D eigenvalue weighted by atomic mass is 9.88. The largest absolute Gasteiger partial charge is 0.349 e. The van der Waals surface area contributed by atoms with Crippen molar-refractivity contribution in [3.63, 3.8) is 0 Å². The molecule has 0 spiro atoms. The summed E-state index contributed by atoms with van der Waals surface area (Å²) in [5.74, 6) is -0.803. The summed E-state index contributed by atoms with van der Waals surface area (Å²) in [5.41, 5.74) is 2.39. The normalized spacial score (nSPS) is 20.7. The Kier molecular flexibility index (Phi) is 8.60. The molecule has 2 rings (SSSR count). The fourth-order valence-corrected chi connectivity index (χ4v) is 4.45. The number of hydrazone groups is 1. The molecule has 2 N–H and O–H groups in total. The first-order chi connectivity index (χ1) is 12.9. The second-order valence-electron chi connectivity index (χ2n) is 7.60. The molecule has 0 radical (unpaired) electrons. The molecule has 0 aromatic rings. The highest BCUT2D eigenvalue weighted by atomic mass is 32.2.